The summed E-state index contributed by atoms with van der Waals surface area (Å²) in [7, 11) is 0. The largest absolute Gasteiger partial charge is 0.486 e. The van der Waals surface area contributed by atoms with Crippen LogP contribution in [0.5, 0.6) is 5.75 Å². The molecule has 0 spiro atoms. The van der Waals surface area contributed by atoms with E-state index in [2.05, 4.69) is 15.0 Å². The van der Waals surface area contributed by atoms with Crippen molar-refractivity contribution in [3.63, 3.8) is 0 Å². The Kier molecular flexibility index (Phi) is 5.73. The normalized spacial score (nSPS) is 16.2. The molecule has 1 fully saturated rings. The summed E-state index contributed by atoms with van der Waals surface area (Å²) in [6.07, 6.45) is 4.60. The fourth-order valence-electron chi connectivity index (χ4n) is 4.22. The standard InChI is InChI=1S/C26H28N4O4/c1-26(2,3)34-25(31)30-13-7-10-20(30)24-27-14-19(29-24)18-11-12-21(22-23(18)33-16-28-22)32-15-17-8-5-4-6-9-17/h4-6,8-9,11-12,14,16,20H,7,10,13,15H2,1-3H3,(H,27,29). The molecule has 1 amide bonds. The van der Waals surface area contributed by atoms with E-state index in [0.29, 0.717) is 30.0 Å². The summed E-state index contributed by atoms with van der Waals surface area (Å²) in [4.78, 5) is 26.8. The maximum absolute atomic E-state index is 12.7. The predicted molar refractivity (Wildman–Crippen MR) is 127 cm³/mol. The van der Waals surface area contributed by atoms with Gasteiger partial charge in [0.05, 0.1) is 17.9 Å². The lowest BCUT2D eigenvalue weighted by molar-refractivity contribution is 0.0218. The molecule has 8 heteroatoms. The van der Waals surface area contributed by atoms with E-state index in [4.69, 9.17) is 13.9 Å². The van der Waals surface area contributed by atoms with Crippen LogP contribution < -0.4 is 4.74 Å². The van der Waals surface area contributed by atoms with Gasteiger partial charge in [-0.1, -0.05) is 30.3 Å². The number of rotatable bonds is 5. The van der Waals surface area contributed by atoms with Crippen molar-refractivity contribution >= 4 is 17.2 Å². The maximum Gasteiger partial charge on any atom is 0.410 e. The highest BCUT2D eigenvalue weighted by atomic mass is 16.6. The van der Waals surface area contributed by atoms with Gasteiger partial charge in [0.1, 0.15) is 23.8 Å². The first-order valence-electron chi connectivity index (χ1n) is 11.5. The van der Waals surface area contributed by atoms with Gasteiger partial charge >= 0.3 is 6.09 Å². The number of carbonyl (C=O) groups is 1. The van der Waals surface area contributed by atoms with E-state index < -0.39 is 5.60 Å². The zero-order valence-corrected chi connectivity index (χ0v) is 19.6. The minimum Gasteiger partial charge on any atom is -0.486 e. The van der Waals surface area contributed by atoms with Crippen molar-refractivity contribution in [2.24, 2.45) is 0 Å². The first kappa shape index (κ1) is 22.0. The number of ether oxygens (including phenoxy) is 2. The molecule has 3 heterocycles. The summed E-state index contributed by atoms with van der Waals surface area (Å²) in [6, 6.07) is 13.7. The third kappa shape index (κ3) is 4.48. The molecule has 5 rings (SSSR count). The Hall–Kier alpha value is -3.81. The molecule has 1 saturated heterocycles. The molecule has 1 atom stereocenters. The number of aromatic nitrogens is 3. The summed E-state index contributed by atoms with van der Waals surface area (Å²) in [5.41, 5.74) is 3.44. The van der Waals surface area contributed by atoms with Crippen LogP contribution in [0.1, 0.15) is 51.0 Å². The molecule has 1 N–H and O–H groups in total. The van der Waals surface area contributed by atoms with E-state index in [9.17, 15) is 4.79 Å². The first-order valence-corrected chi connectivity index (χ1v) is 11.5. The summed E-state index contributed by atoms with van der Waals surface area (Å²) in [5.74, 6) is 1.39. The Morgan fingerprint density at radius 3 is 2.79 bits per heavy atom. The number of imidazole rings is 1. The average molecular weight is 461 g/mol. The van der Waals surface area contributed by atoms with Crippen molar-refractivity contribution in [2.45, 2.75) is 51.9 Å². The Morgan fingerprint density at radius 1 is 1.18 bits per heavy atom. The molecule has 1 unspecified atom stereocenters. The first-order chi connectivity index (χ1) is 16.4. The zero-order chi connectivity index (χ0) is 23.7. The molecule has 176 valence electrons. The van der Waals surface area contributed by atoms with Crippen molar-refractivity contribution in [3.8, 4) is 17.0 Å². The quantitative estimate of drug-likeness (QED) is 0.400. The van der Waals surface area contributed by atoms with Gasteiger partial charge in [0.2, 0.25) is 0 Å². The van der Waals surface area contributed by atoms with Gasteiger partial charge in [0.15, 0.2) is 17.5 Å². The number of H-pyrrole nitrogens is 1. The molecule has 8 nitrogen and oxygen atoms in total. The molecule has 0 saturated carbocycles. The molecular weight excluding hydrogens is 432 g/mol. The van der Waals surface area contributed by atoms with Crippen LogP contribution in [0, 0.1) is 0 Å². The Labute approximate surface area is 197 Å². The topological polar surface area (TPSA) is 93.5 Å². The number of amides is 1. The van der Waals surface area contributed by atoms with Crippen molar-refractivity contribution in [3.05, 3.63) is 66.4 Å². The molecule has 2 aromatic heterocycles. The number of hydrogen-bond donors (Lipinski definition) is 1. The SMILES string of the molecule is CC(C)(C)OC(=O)N1CCCC1c1ncc(-c2ccc(OCc3ccccc3)c3ncoc23)[nH]1. The number of aromatic amines is 1. The minimum atomic E-state index is -0.541. The molecule has 2 aromatic carbocycles. The molecule has 34 heavy (non-hydrogen) atoms. The smallest absolute Gasteiger partial charge is 0.410 e. The van der Waals surface area contributed by atoms with Gasteiger partial charge in [-0.15, -0.1) is 0 Å². The lowest BCUT2D eigenvalue weighted by Crippen LogP contribution is -2.36. The highest BCUT2D eigenvalue weighted by Gasteiger charge is 2.35. The van der Waals surface area contributed by atoms with E-state index in [0.717, 1.165) is 35.5 Å². The van der Waals surface area contributed by atoms with Gasteiger partial charge < -0.3 is 18.9 Å². The lowest BCUT2D eigenvalue weighted by atomic mass is 10.1. The van der Waals surface area contributed by atoms with Crippen molar-refractivity contribution < 1.29 is 18.7 Å². The van der Waals surface area contributed by atoms with Crippen LogP contribution in [0.3, 0.4) is 0 Å². The van der Waals surface area contributed by atoms with Gasteiger partial charge in [-0.3, -0.25) is 4.90 Å². The Bertz CT molecular complexity index is 1290. The van der Waals surface area contributed by atoms with Crippen LogP contribution in [0.15, 0.2) is 59.5 Å². The highest BCUT2D eigenvalue weighted by molar-refractivity contribution is 5.92. The van der Waals surface area contributed by atoms with Gasteiger partial charge in [0.25, 0.3) is 0 Å². The molecule has 0 bridgehead atoms. The number of likely N-dealkylation sites (tertiary alicyclic amines) is 1. The third-order valence-corrected chi connectivity index (χ3v) is 5.77. The summed E-state index contributed by atoms with van der Waals surface area (Å²) < 4.78 is 17.3. The maximum atomic E-state index is 12.7. The number of nitrogens with one attached hydrogen (secondary N) is 1. The van der Waals surface area contributed by atoms with Gasteiger partial charge in [-0.05, 0) is 51.3 Å². The second kappa shape index (κ2) is 8.85. The average Bonchev–Trinajstić information content (AvgIpc) is 3.57. The van der Waals surface area contributed by atoms with Crippen LogP contribution in [-0.4, -0.2) is 38.1 Å². The van der Waals surface area contributed by atoms with Crippen LogP contribution >= 0.6 is 0 Å². The number of nitrogens with zero attached hydrogens (tertiary/aromatic N) is 3. The van der Waals surface area contributed by atoms with Crippen molar-refractivity contribution in [1.29, 1.82) is 0 Å². The summed E-state index contributed by atoms with van der Waals surface area (Å²) >= 11 is 0. The molecule has 1 aliphatic heterocycles. The number of oxazole rings is 1. The summed E-state index contributed by atoms with van der Waals surface area (Å²) in [5, 5.41) is 0. The summed E-state index contributed by atoms with van der Waals surface area (Å²) in [6.45, 7) is 6.71. The third-order valence-electron chi connectivity index (χ3n) is 5.77. The molecule has 4 aromatic rings. The molecule has 1 aliphatic rings. The molecular formula is C26H28N4O4. The number of hydrogen-bond acceptors (Lipinski definition) is 6. The fourth-order valence-corrected chi connectivity index (χ4v) is 4.22. The van der Waals surface area contributed by atoms with E-state index in [1.54, 1.807) is 11.1 Å². The Morgan fingerprint density at radius 2 is 2.00 bits per heavy atom. The van der Waals surface area contributed by atoms with Gasteiger partial charge in [-0.2, -0.15) is 0 Å². The van der Waals surface area contributed by atoms with Gasteiger partial charge in [0, 0.05) is 12.1 Å². The number of carbonyl (C=O) groups excluding carboxylic acids is 1. The number of benzene rings is 2. The second-order valence-electron chi connectivity index (χ2n) is 9.43. The Balaban J connectivity index is 1.38. The van der Waals surface area contributed by atoms with E-state index in [-0.39, 0.29) is 12.1 Å². The monoisotopic (exact) mass is 460 g/mol. The van der Waals surface area contributed by atoms with E-state index in [1.807, 2.05) is 63.2 Å². The fraction of sp³-hybridized carbons (Fsp3) is 0.346. The van der Waals surface area contributed by atoms with Crippen LogP contribution in [-0.2, 0) is 11.3 Å². The predicted octanol–water partition coefficient (Wildman–Crippen LogP) is 5.87. The van der Waals surface area contributed by atoms with Crippen LogP contribution in [0.4, 0.5) is 4.79 Å². The van der Waals surface area contributed by atoms with Crippen molar-refractivity contribution in [2.75, 3.05) is 6.54 Å². The van der Waals surface area contributed by atoms with Crippen LogP contribution in [0.2, 0.25) is 0 Å². The van der Waals surface area contributed by atoms with E-state index >= 15 is 0 Å². The van der Waals surface area contributed by atoms with Crippen molar-refractivity contribution in [1.82, 2.24) is 19.9 Å². The highest BCUT2D eigenvalue weighted by Crippen LogP contribution is 2.36. The van der Waals surface area contributed by atoms with E-state index in [1.165, 1.54) is 6.39 Å². The molecule has 0 radical (unpaired) electrons. The lowest BCUT2D eigenvalue weighted by Gasteiger charge is -2.27. The van der Waals surface area contributed by atoms with Gasteiger partial charge in [-0.25, -0.2) is 14.8 Å². The minimum absolute atomic E-state index is 0.151. The number of fused-ring (bicyclic) bond motifs is 1. The molecule has 0 aliphatic carbocycles. The van der Waals surface area contributed by atoms with Crippen LogP contribution in [0.25, 0.3) is 22.4 Å². The second-order valence-corrected chi connectivity index (χ2v) is 9.43. The zero-order valence-electron chi connectivity index (χ0n) is 19.6.